The molecule has 1 saturated carbocycles. The number of carbonyl (C=O) groups is 1. The highest BCUT2D eigenvalue weighted by Crippen LogP contribution is 2.33. The van der Waals surface area contributed by atoms with E-state index < -0.39 is 57.8 Å². The van der Waals surface area contributed by atoms with Crippen LogP contribution in [0.2, 0.25) is 0 Å². The zero-order valence-electron chi connectivity index (χ0n) is 21.7. The Morgan fingerprint density at radius 3 is 2.23 bits per heavy atom. The summed E-state index contributed by atoms with van der Waals surface area (Å²) in [5.74, 6) is -11.7. The van der Waals surface area contributed by atoms with Crippen molar-refractivity contribution in [2.45, 2.75) is 56.4 Å². The van der Waals surface area contributed by atoms with Gasteiger partial charge in [-0.05, 0) is 49.4 Å². The number of amides is 1. The first-order chi connectivity index (χ1) is 19.1. The van der Waals surface area contributed by atoms with Crippen LogP contribution in [0, 0.1) is 29.1 Å². The summed E-state index contributed by atoms with van der Waals surface area (Å²) < 4.78 is 83.5. The lowest BCUT2D eigenvalue weighted by Gasteiger charge is -2.27. The Kier molecular flexibility index (Phi) is 9.64. The molecular weight excluding hydrogens is 553 g/mol. The fourth-order valence-corrected chi connectivity index (χ4v) is 5.95. The third kappa shape index (κ3) is 6.39. The predicted molar refractivity (Wildman–Crippen MR) is 139 cm³/mol. The van der Waals surface area contributed by atoms with Crippen molar-refractivity contribution in [2.75, 3.05) is 18.0 Å². The fraction of sp³-hybridized carbons (Fsp3) is 0.357. The van der Waals surface area contributed by atoms with Crippen LogP contribution in [0.25, 0.3) is 0 Å². The van der Waals surface area contributed by atoms with Crippen LogP contribution in [-0.4, -0.2) is 37.9 Å². The Bertz CT molecular complexity index is 1330. The number of halogens is 5. The van der Waals surface area contributed by atoms with Gasteiger partial charge in [0.2, 0.25) is 35.0 Å². The molecule has 0 radical (unpaired) electrons. The molecule has 6 nitrogen and oxygen atoms in total. The van der Waals surface area contributed by atoms with Crippen LogP contribution in [0.4, 0.5) is 27.6 Å². The number of phenolic OH excluding ortho intramolecular Hbond substituents is 1. The lowest BCUT2D eigenvalue weighted by atomic mass is 9.85. The van der Waals surface area contributed by atoms with Crippen LogP contribution >= 0.6 is 0 Å². The van der Waals surface area contributed by atoms with Gasteiger partial charge < -0.3 is 14.6 Å². The highest BCUT2D eigenvalue weighted by molar-refractivity contribution is 7.89. The number of hydrogen-bond acceptors (Lipinski definition) is 5. The topological polar surface area (TPSA) is 79.7 Å². The van der Waals surface area contributed by atoms with Crippen LogP contribution in [0.1, 0.15) is 56.2 Å². The first-order valence-corrected chi connectivity index (χ1v) is 14.0. The Hall–Kier alpha value is -3.22. The fourth-order valence-electron chi connectivity index (χ4n) is 4.74. The van der Waals surface area contributed by atoms with Gasteiger partial charge in [-0.15, -0.1) is 4.31 Å². The molecule has 0 bridgehead atoms. The van der Waals surface area contributed by atoms with Crippen LogP contribution in [0.3, 0.4) is 0 Å². The van der Waals surface area contributed by atoms with Gasteiger partial charge in [0.05, 0.1) is 23.6 Å². The summed E-state index contributed by atoms with van der Waals surface area (Å²) in [7, 11) is 0. The minimum atomic E-state index is -2.90. The lowest BCUT2D eigenvalue weighted by molar-refractivity contribution is -0.119. The maximum absolute atomic E-state index is 14.3. The number of phenols is 1. The second-order valence-corrected chi connectivity index (χ2v) is 10.9. The third-order valence-electron chi connectivity index (χ3n) is 6.93. The summed E-state index contributed by atoms with van der Waals surface area (Å²) in [6.07, 6.45) is 7.48. The van der Waals surface area contributed by atoms with Gasteiger partial charge in [-0.25, -0.2) is 13.2 Å². The number of pyridine rings is 1. The highest BCUT2D eigenvalue weighted by Gasteiger charge is 2.38. The summed E-state index contributed by atoms with van der Waals surface area (Å²) in [6.45, 7) is 0.444. The minimum absolute atomic E-state index is 0.0556. The van der Waals surface area contributed by atoms with Crippen molar-refractivity contribution in [3.63, 3.8) is 0 Å². The molecule has 1 N–H and O–H groups in total. The number of anilines is 1. The average Bonchev–Trinajstić information content (AvgIpc) is 2.97. The smallest absolute Gasteiger partial charge is 0.251 e. The van der Waals surface area contributed by atoms with Gasteiger partial charge in [0, 0.05) is 24.5 Å². The lowest BCUT2D eigenvalue weighted by Crippen LogP contribution is -2.43. The molecule has 1 amide bonds. The Morgan fingerprint density at radius 1 is 1.00 bits per heavy atom. The van der Waals surface area contributed by atoms with E-state index in [9.17, 15) is 36.4 Å². The van der Waals surface area contributed by atoms with E-state index in [1.807, 2.05) is 6.07 Å². The van der Waals surface area contributed by atoms with Crippen molar-refractivity contribution >= 4 is 23.0 Å². The number of nitrogens with zero attached hydrogens (tertiary/aromatic N) is 3. The number of benzene rings is 2. The number of aromatic nitrogens is 1. The van der Waals surface area contributed by atoms with Gasteiger partial charge in [0.25, 0.3) is 4.90 Å². The normalized spacial score (nSPS) is 14.9. The molecule has 1 atom stereocenters. The van der Waals surface area contributed by atoms with Gasteiger partial charge in [0.15, 0.2) is 0 Å². The Morgan fingerprint density at radius 2 is 1.65 bits per heavy atom. The standard InChI is InChI=1S/C28H28F5N3O3S/c1-2-35(40(39)28-26(32)24(30)23(29)25(31)27(28)33)16-22(38)36(20-9-6-10-21(37)13-20)15-19-12-11-18(14-34-19)17-7-4-3-5-8-17/h6,9-14,17,37H,2-5,7-8,15-16H2,1H3. The minimum Gasteiger partial charge on any atom is -0.593 e. The molecule has 1 aromatic heterocycles. The van der Waals surface area contributed by atoms with Crippen LogP contribution in [-0.2, 0) is 22.7 Å². The highest BCUT2D eigenvalue weighted by atomic mass is 32.2. The van der Waals surface area contributed by atoms with Gasteiger partial charge in [0.1, 0.15) is 12.3 Å². The van der Waals surface area contributed by atoms with Crippen LogP contribution in [0.15, 0.2) is 47.5 Å². The summed E-state index contributed by atoms with van der Waals surface area (Å²) in [4.78, 5) is 17.7. The van der Waals surface area contributed by atoms with E-state index in [-0.39, 0.29) is 24.5 Å². The van der Waals surface area contributed by atoms with E-state index in [0.717, 1.165) is 35.6 Å². The SMILES string of the molecule is CCN(CC(=O)N(Cc1ccc(C2CCCCC2)cn1)c1cccc(O)c1)[S+]([O-])c1c(F)c(F)c(F)c(F)c1F. The Balaban J connectivity index is 1.59. The van der Waals surface area contributed by atoms with Crippen molar-refractivity contribution in [1.82, 2.24) is 9.29 Å². The van der Waals surface area contributed by atoms with E-state index in [1.165, 1.54) is 36.4 Å². The maximum atomic E-state index is 14.3. The maximum Gasteiger partial charge on any atom is 0.251 e. The number of hydrogen-bond donors (Lipinski definition) is 1. The van der Waals surface area contributed by atoms with Crippen LogP contribution in [0.5, 0.6) is 5.75 Å². The third-order valence-corrected chi connectivity index (χ3v) is 8.49. The van der Waals surface area contributed by atoms with Crippen LogP contribution < -0.4 is 4.90 Å². The van der Waals surface area contributed by atoms with Crippen molar-refractivity contribution in [3.05, 3.63) is 82.9 Å². The van der Waals surface area contributed by atoms with E-state index in [4.69, 9.17) is 0 Å². The van der Waals surface area contributed by atoms with Gasteiger partial charge >= 0.3 is 0 Å². The number of carbonyl (C=O) groups excluding carboxylic acids is 1. The monoisotopic (exact) mass is 581 g/mol. The molecule has 3 aromatic rings. The molecule has 1 heterocycles. The molecule has 1 aliphatic carbocycles. The molecule has 4 rings (SSSR count). The molecule has 12 heteroatoms. The largest absolute Gasteiger partial charge is 0.593 e. The van der Waals surface area contributed by atoms with Crippen molar-refractivity contribution in [2.24, 2.45) is 0 Å². The zero-order valence-corrected chi connectivity index (χ0v) is 22.5. The van der Waals surface area contributed by atoms with Crippen molar-refractivity contribution in [1.29, 1.82) is 0 Å². The van der Waals surface area contributed by atoms with Crippen molar-refractivity contribution in [3.8, 4) is 5.75 Å². The first kappa shape index (κ1) is 29.8. The number of rotatable bonds is 9. The molecule has 1 fully saturated rings. The summed E-state index contributed by atoms with van der Waals surface area (Å²) >= 11 is -2.90. The molecule has 40 heavy (non-hydrogen) atoms. The van der Waals surface area contributed by atoms with E-state index >= 15 is 0 Å². The number of likely N-dealkylation sites (N-methyl/N-ethyl adjacent to an activating group) is 1. The molecule has 0 saturated heterocycles. The van der Waals surface area contributed by atoms with E-state index in [2.05, 4.69) is 4.98 Å². The summed E-state index contributed by atoms with van der Waals surface area (Å²) in [5, 5.41) is 9.99. The molecule has 1 aliphatic rings. The average molecular weight is 582 g/mol. The molecule has 1 unspecified atom stereocenters. The molecule has 214 valence electrons. The van der Waals surface area contributed by atoms with Gasteiger partial charge in [-0.2, -0.15) is 8.78 Å². The van der Waals surface area contributed by atoms with Gasteiger partial charge in [-0.3, -0.25) is 9.78 Å². The quantitative estimate of drug-likeness (QED) is 0.143. The molecular formula is C28H28F5N3O3S. The van der Waals surface area contributed by atoms with E-state index in [0.29, 0.717) is 11.6 Å². The van der Waals surface area contributed by atoms with Crippen molar-refractivity contribution < 1.29 is 36.4 Å². The zero-order chi connectivity index (χ0) is 29.0. The van der Waals surface area contributed by atoms with Gasteiger partial charge in [-0.1, -0.05) is 31.4 Å². The predicted octanol–water partition coefficient (Wildman–Crippen LogP) is 6.11. The summed E-state index contributed by atoms with van der Waals surface area (Å²) in [6, 6.07) is 9.53. The second-order valence-electron chi connectivity index (χ2n) is 9.52. The summed E-state index contributed by atoms with van der Waals surface area (Å²) in [5.41, 5.74) is 1.88. The Labute approximate surface area is 231 Å². The first-order valence-electron chi connectivity index (χ1n) is 12.8. The number of aromatic hydroxyl groups is 1. The molecule has 0 spiro atoms. The molecule has 2 aromatic carbocycles. The van der Waals surface area contributed by atoms with E-state index in [1.54, 1.807) is 18.3 Å². The molecule has 0 aliphatic heterocycles. The second kappa shape index (κ2) is 13.0.